The molecular formula is C12H15ClFNO. The Hall–Kier alpha value is -0.800. The summed E-state index contributed by atoms with van der Waals surface area (Å²) in [6.45, 7) is 0.531. The zero-order valence-corrected chi connectivity index (χ0v) is 9.71. The van der Waals surface area contributed by atoms with E-state index in [-0.39, 0.29) is 11.9 Å². The van der Waals surface area contributed by atoms with Crippen molar-refractivity contribution in [2.24, 2.45) is 11.7 Å². The number of rotatable bonds is 5. The summed E-state index contributed by atoms with van der Waals surface area (Å²) in [4.78, 5) is 0. The smallest absolute Gasteiger partial charge is 0.138 e. The van der Waals surface area contributed by atoms with Crippen LogP contribution in [-0.2, 0) is 0 Å². The fourth-order valence-corrected chi connectivity index (χ4v) is 1.88. The van der Waals surface area contributed by atoms with E-state index in [1.54, 1.807) is 6.07 Å². The number of benzene rings is 1. The van der Waals surface area contributed by atoms with Gasteiger partial charge < -0.3 is 10.5 Å². The number of ether oxygens (including phenoxy) is 1. The van der Waals surface area contributed by atoms with E-state index in [0.29, 0.717) is 23.3 Å². The van der Waals surface area contributed by atoms with E-state index in [9.17, 15) is 4.39 Å². The molecule has 2 nitrogen and oxygen atoms in total. The van der Waals surface area contributed by atoms with Crippen molar-refractivity contribution in [3.8, 4) is 5.75 Å². The molecule has 1 atom stereocenters. The van der Waals surface area contributed by atoms with E-state index >= 15 is 0 Å². The van der Waals surface area contributed by atoms with Gasteiger partial charge in [0.25, 0.3) is 0 Å². The molecule has 1 unspecified atom stereocenters. The first kappa shape index (κ1) is 11.7. The van der Waals surface area contributed by atoms with Crippen molar-refractivity contribution in [2.45, 2.75) is 25.3 Å². The van der Waals surface area contributed by atoms with Gasteiger partial charge in [0.05, 0.1) is 11.6 Å². The molecule has 1 aliphatic rings. The third-order valence-corrected chi connectivity index (χ3v) is 3.13. The van der Waals surface area contributed by atoms with Crippen LogP contribution in [0.1, 0.15) is 19.3 Å². The Morgan fingerprint density at radius 1 is 1.50 bits per heavy atom. The maximum absolute atomic E-state index is 12.8. The lowest BCUT2D eigenvalue weighted by Crippen LogP contribution is -2.24. The van der Waals surface area contributed by atoms with E-state index in [4.69, 9.17) is 22.1 Å². The van der Waals surface area contributed by atoms with Crippen molar-refractivity contribution in [1.29, 1.82) is 0 Å². The minimum atomic E-state index is -0.355. The zero-order valence-electron chi connectivity index (χ0n) is 8.96. The van der Waals surface area contributed by atoms with E-state index in [1.165, 1.54) is 25.0 Å². The molecule has 2 N–H and O–H groups in total. The number of hydrogen-bond acceptors (Lipinski definition) is 2. The summed E-state index contributed by atoms with van der Waals surface area (Å²) < 4.78 is 18.2. The summed E-state index contributed by atoms with van der Waals surface area (Å²) in [5.41, 5.74) is 5.93. The van der Waals surface area contributed by atoms with Crippen LogP contribution in [0.4, 0.5) is 4.39 Å². The van der Waals surface area contributed by atoms with E-state index in [0.717, 1.165) is 6.42 Å². The maximum atomic E-state index is 12.8. The van der Waals surface area contributed by atoms with E-state index in [1.807, 2.05) is 0 Å². The minimum Gasteiger partial charge on any atom is -0.492 e. The Morgan fingerprint density at radius 2 is 2.25 bits per heavy atom. The maximum Gasteiger partial charge on any atom is 0.138 e. The molecule has 16 heavy (non-hydrogen) atoms. The Bertz CT molecular complexity index is 368. The Morgan fingerprint density at radius 3 is 2.88 bits per heavy atom. The van der Waals surface area contributed by atoms with Gasteiger partial charge in [0.15, 0.2) is 0 Å². The van der Waals surface area contributed by atoms with Crippen molar-refractivity contribution >= 4 is 11.6 Å². The quantitative estimate of drug-likeness (QED) is 0.863. The van der Waals surface area contributed by atoms with E-state index in [2.05, 4.69) is 0 Å². The highest BCUT2D eigenvalue weighted by atomic mass is 35.5. The second-order valence-corrected chi connectivity index (χ2v) is 4.62. The molecular weight excluding hydrogens is 229 g/mol. The minimum absolute atomic E-state index is 0.222. The lowest BCUT2D eigenvalue weighted by molar-refractivity contribution is 0.291. The van der Waals surface area contributed by atoms with Crippen LogP contribution in [-0.4, -0.2) is 12.6 Å². The van der Waals surface area contributed by atoms with E-state index < -0.39 is 0 Å². The molecule has 0 saturated heterocycles. The van der Waals surface area contributed by atoms with Crippen LogP contribution in [0.3, 0.4) is 0 Å². The van der Waals surface area contributed by atoms with Crippen molar-refractivity contribution in [2.75, 3.05) is 6.61 Å². The van der Waals surface area contributed by atoms with Crippen LogP contribution in [0.2, 0.25) is 5.02 Å². The van der Waals surface area contributed by atoms with Crippen molar-refractivity contribution in [1.82, 2.24) is 0 Å². The first-order valence-corrected chi connectivity index (χ1v) is 5.88. The van der Waals surface area contributed by atoms with Gasteiger partial charge >= 0.3 is 0 Å². The first-order valence-electron chi connectivity index (χ1n) is 5.50. The standard InChI is InChI=1S/C12H15ClFNO/c13-10-7-9(14)3-4-12(10)16-6-5-11(15)8-1-2-8/h3-4,7-8,11H,1-2,5-6,15H2. The number of hydrogen-bond donors (Lipinski definition) is 1. The van der Waals surface area contributed by atoms with Crippen LogP contribution in [0, 0.1) is 11.7 Å². The van der Waals surface area contributed by atoms with Crippen molar-refractivity contribution in [3.63, 3.8) is 0 Å². The normalized spacial score (nSPS) is 17.2. The molecule has 0 bridgehead atoms. The van der Waals surface area contributed by atoms with Gasteiger partial charge in [0.1, 0.15) is 11.6 Å². The summed E-state index contributed by atoms with van der Waals surface area (Å²) in [6, 6.07) is 4.35. The predicted molar refractivity (Wildman–Crippen MR) is 62.2 cm³/mol. The molecule has 0 heterocycles. The van der Waals surface area contributed by atoms with Gasteiger partial charge in [-0.05, 0) is 43.4 Å². The molecule has 1 aliphatic carbocycles. The second kappa shape index (κ2) is 5.02. The monoisotopic (exact) mass is 243 g/mol. The first-order chi connectivity index (χ1) is 7.66. The third-order valence-electron chi connectivity index (χ3n) is 2.83. The van der Waals surface area contributed by atoms with Gasteiger partial charge in [-0.15, -0.1) is 0 Å². The van der Waals surface area contributed by atoms with Crippen LogP contribution < -0.4 is 10.5 Å². The molecule has 1 fully saturated rings. The topological polar surface area (TPSA) is 35.2 Å². The molecule has 0 aromatic heterocycles. The van der Waals surface area contributed by atoms with Gasteiger partial charge in [-0.1, -0.05) is 11.6 Å². The van der Waals surface area contributed by atoms with Crippen LogP contribution in [0.25, 0.3) is 0 Å². The molecule has 88 valence electrons. The lowest BCUT2D eigenvalue weighted by atomic mass is 10.1. The fraction of sp³-hybridized carbons (Fsp3) is 0.500. The second-order valence-electron chi connectivity index (χ2n) is 4.21. The average molecular weight is 244 g/mol. The molecule has 0 radical (unpaired) electrons. The Kier molecular flexibility index (Phi) is 3.66. The Labute approximate surface area is 99.5 Å². The highest BCUT2D eigenvalue weighted by Crippen LogP contribution is 2.33. The SMILES string of the molecule is NC(CCOc1ccc(F)cc1Cl)C1CC1. The molecule has 4 heteroatoms. The highest BCUT2D eigenvalue weighted by molar-refractivity contribution is 6.32. The molecule has 0 amide bonds. The molecule has 1 aromatic carbocycles. The number of nitrogens with two attached hydrogens (primary N) is 1. The predicted octanol–water partition coefficient (Wildman–Crippen LogP) is 2.99. The summed E-state index contributed by atoms with van der Waals surface area (Å²) in [7, 11) is 0. The van der Waals surface area contributed by atoms with Gasteiger partial charge in [0.2, 0.25) is 0 Å². The summed E-state index contributed by atoms with van der Waals surface area (Å²) in [6.07, 6.45) is 3.29. The van der Waals surface area contributed by atoms with Gasteiger partial charge in [0, 0.05) is 6.04 Å². The van der Waals surface area contributed by atoms with Gasteiger partial charge in [-0.3, -0.25) is 0 Å². The van der Waals surface area contributed by atoms with Crippen LogP contribution in [0.15, 0.2) is 18.2 Å². The molecule has 1 saturated carbocycles. The summed E-state index contributed by atoms with van der Waals surface area (Å²) >= 11 is 5.82. The lowest BCUT2D eigenvalue weighted by Gasteiger charge is -2.12. The highest BCUT2D eigenvalue weighted by Gasteiger charge is 2.28. The molecule has 1 aromatic rings. The summed E-state index contributed by atoms with van der Waals surface area (Å²) in [5, 5.41) is 0.306. The fourth-order valence-electron chi connectivity index (χ4n) is 1.66. The molecule has 0 aliphatic heterocycles. The molecule has 0 spiro atoms. The average Bonchev–Trinajstić information content (AvgIpc) is 3.04. The zero-order chi connectivity index (χ0) is 11.5. The largest absolute Gasteiger partial charge is 0.492 e. The number of halogens is 2. The van der Waals surface area contributed by atoms with Crippen LogP contribution in [0.5, 0.6) is 5.75 Å². The third kappa shape index (κ3) is 3.09. The van der Waals surface area contributed by atoms with Crippen molar-refractivity contribution in [3.05, 3.63) is 29.0 Å². The van der Waals surface area contributed by atoms with Gasteiger partial charge in [-0.2, -0.15) is 0 Å². The van der Waals surface area contributed by atoms with Gasteiger partial charge in [-0.25, -0.2) is 4.39 Å². The Balaban J connectivity index is 1.80. The molecule has 2 rings (SSSR count). The van der Waals surface area contributed by atoms with Crippen molar-refractivity contribution < 1.29 is 9.13 Å². The summed E-state index contributed by atoms with van der Waals surface area (Å²) in [5.74, 6) is 0.838. The van der Waals surface area contributed by atoms with Crippen LogP contribution >= 0.6 is 11.6 Å².